The summed E-state index contributed by atoms with van der Waals surface area (Å²) in [6.45, 7) is 1.38. The van der Waals surface area contributed by atoms with Crippen LogP contribution in [0.15, 0.2) is 0 Å². The maximum atomic E-state index is 11.0. The summed E-state index contributed by atoms with van der Waals surface area (Å²) in [6.07, 6.45) is 0.262. The predicted molar refractivity (Wildman–Crippen MR) is 56.6 cm³/mol. The van der Waals surface area contributed by atoms with Crippen molar-refractivity contribution in [3.63, 3.8) is 0 Å². The normalized spacial score (nSPS) is 14.1. The van der Waals surface area contributed by atoms with E-state index in [9.17, 15) is 14.7 Å². The van der Waals surface area contributed by atoms with Crippen molar-refractivity contribution in [3.8, 4) is 0 Å². The Kier molecular flexibility index (Phi) is 6.35. The van der Waals surface area contributed by atoms with Gasteiger partial charge in [0.25, 0.3) is 0 Å². The van der Waals surface area contributed by atoms with Crippen molar-refractivity contribution < 1.29 is 24.2 Å². The number of ether oxygens (including phenoxy) is 2. The van der Waals surface area contributed by atoms with Crippen LogP contribution in [-0.4, -0.2) is 48.4 Å². The second kappa shape index (κ2) is 6.68. The Morgan fingerprint density at radius 2 is 1.93 bits per heavy atom. The molecule has 0 amide bonds. The highest BCUT2D eigenvalue weighted by atomic mass is 32.2. The molecule has 0 spiro atoms. The Morgan fingerprint density at radius 1 is 1.33 bits per heavy atom. The zero-order chi connectivity index (χ0) is 11.9. The van der Waals surface area contributed by atoms with Gasteiger partial charge in [-0.05, 0) is 6.92 Å². The number of hydrogen-bond acceptors (Lipinski definition) is 6. The van der Waals surface area contributed by atoms with Gasteiger partial charge in [0.15, 0.2) is 5.60 Å². The molecule has 0 heterocycles. The molecule has 0 bridgehead atoms. The zero-order valence-electron chi connectivity index (χ0n) is 9.11. The van der Waals surface area contributed by atoms with Crippen molar-refractivity contribution >= 4 is 23.7 Å². The van der Waals surface area contributed by atoms with E-state index < -0.39 is 11.6 Å². The lowest BCUT2D eigenvalue weighted by atomic mass is 10.1. The maximum absolute atomic E-state index is 11.0. The van der Waals surface area contributed by atoms with E-state index in [0.29, 0.717) is 5.75 Å². The third-order valence-electron chi connectivity index (χ3n) is 1.69. The summed E-state index contributed by atoms with van der Waals surface area (Å²) in [6, 6.07) is 0. The number of carbonyl (C=O) groups is 2. The molecule has 1 N–H and O–H groups in total. The number of thioether (sulfide) groups is 1. The lowest BCUT2D eigenvalue weighted by molar-refractivity contribution is -0.158. The molecule has 88 valence electrons. The molecular weight excluding hydrogens is 220 g/mol. The Labute approximate surface area is 93.1 Å². The molecule has 6 heteroatoms. The van der Waals surface area contributed by atoms with Gasteiger partial charge in [0.05, 0.1) is 20.6 Å². The van der Waals surface area contributed by atoms with Gasteiger partial charge in [-0.3, -0.25) is 4.79 Å². The number of hydrogen-bond donors (Lipinski definition) is 1. The van der Waals surface area contributed by atoms with Gasteiger partial charge in [0.2, 0.25) is 0 Å². The second-order valence-electron chi connectivity index (χ2n) is 3.14. The van der Waals surface area contributed by atoms with Gasteiger partial charge in [-0.25, -0.2) is 4.79 Å². The smallest absolute Gasteiger partial charge is 0.338 e. The molecule has 0 aliphatic carbocycles. The molecule has 5 nitrogen and oxygen atoms in total. The number of aliphatic hydroxyl groups is 1. The lowest BCUT2D eigenvalue weighted by Gasteiger charge is -2.19. The summed E-state index contributed by atoms with van der Waals surface area (Å²) in [5, 5.41) is 9.59. The molecule has 0 radical (unpaired) electrons. The first kappa shape index (κ1) is 14.2. The van der Waals surface area contributed by atoms with Crippen molar-refractivity contribution in [2.45, 2.75) is 18.9 Å². The van der Waals surface area contributed by atoms with Gasteiger partial charge in [-0.2, -0.15) is 11.8 Å². The van der Waals surface area contributed by atoms with Gasteiger partial charge >= 0.3 is 11.9 Å². The second-order valence-corrected chi connectivity index (χ2v) is 4.25. The minimum atomic E-state index is -1.50. The molecule has 1 unspecified atom stereocenters. The van der Waals surface area contributed by atoms with Crippen molar-refractivity contribution in [3.05, 3.63) is 0 Å². The number of esters is 2. The first-order valence-corrected chi connectivity index (χ1v) is 5.55. The van der Waals surface area contributed by atoms with Crippen molar-refractivity contribution in [2.24, 2.45) is 0 Å². The third-order valence-corrected chi connectivity index (χ3v) is 2.95. The highest BCUT2D eigenvalue weighted by Crippen LogP contribution is 2.15. The fraction of sp³-hybridized carbons (Fsp3) is 0.778. The molecule has 0 aliphatic heterocycles. The maximum Gasteiger partial charge on any atom is 0.338 e. The summed E-state index contributed by atoms with van der Waals surface area (Å²) in [5.74, 6) is -0.287. The summed E-state index contributed by atoms with van der Waals surface area (Å²) >= 11 is 1.30. The van der Waals surface area contributed by atoms with E-state index >= 15 is 0 Å². The predicted octanol–water partition coefficient (Wildman–Crippen LogP) is 0.207. The molecule has 0 fully saturated rings. The van der Waals surface area contributed by atoms with Crippen LogP contribution in [0, 0.1) is 0 Å². The zero-order valence-corrected chi connectivity index (χ0v) is 9.93. The van der Waals surface area contributed by atoms with Crippen molar-refractivity contribution in [1.29, 1.82) is 0 Å². The van der Waals surface area contributed by atoms with E-state index in [0.717, 1.165) is 0 Å². The fourth-order valence-electron chi connectivity index (χ4n) is 0.807. The summed E-state index contributed by atoms with van der Waals surface area (Å²) in [7, 11) is 2.54. The lowest BCUT2D eigenvalue weighted by Crippen LogP contribution is -2.38. The Balaban J connectivity index is 3.75. The van der Waals surface area contributed by atoms with Gasteiger partial charge in [0, 0.05) is 11.5 Å². The number of methoxy groups -OCH3 is 2. The molecule has 0 aromatic heterocycles. The molecule has 0 aliphatic rings. The standard InChI is InChI=1S/C9H16O5S/c1-9(12,8(11)14-3)6-15-5-4-7(10)13-2/h12H,4-6H2,1-3H3. The summed E-state index contributed by atoms with van der Waals surface area (Å²) in [5.41, 5.74) is -1.50. The highest BCUT2D eigenvalue weighted by molar-refractivity contribution is 7.99. The number of rotatable bonds is 6. The van der Waals surface area contributed by atoms with Gasteiger partial charge in [-0.1, -0.05) is 0 Å². The first-order valence-electron chi connectivity index (χ1n) is 4.39. The first-order chi connectivity index (χ1) is 6.94. The van der Waals surface area contributed by atoms with E-state index in [1.165, 1.54) is 32.9 Å². The van der Waals surface area contributed by atoms with E-state index in [1.807, 2.05) is 0 Å². The summed E-state index contributed by atoms with van der Waals surface area (Å²) in [4.78, 5) is 21.8. The van der Waals surface area contributed by atoms with Crippen LogP contribution >= 0.6 is 11.8 Å². The van der Waals surface area contributed by atoms with Crippen LogP contribution in [0.3, 0.4) is 0 Å². The molecule has 0 aromatic rings. The average Bonchev–Trinajstić information content (AvgIpc) is 2.22. The molecule has 0 saturated heterocycles. The Morgan fingerprint density at radius 3 is 2.40 bits per heavy atom. The van der Waals surface area contributed by atoms with E-state index in [1.54, 1.807) is 0 Å². The fourth-order valence-corrected chi connectivity index (χ4v) is 1.78. The summed E-state index contributed by atoms with van der Waals surface area (Å²) < 4.78 is 8.87. The molecule has 0 aromatic carbocycles. The van der Waals surface area contributed by atoms with Crippen LogP contribution in [-0.2, 0) is 19.1 Å². The quantitative estimate of drug-likeness (QED) is 0.525. The van der Waals surface area contributed by atoms with Crippen molar-refractivity contribution in [1.82, 2.24) is 0 Å². The molecule has 0 rings (SSSR count). The third kappa shape index (κ3) is 5.64. The van der Waals surface area contributed by atoms with E-state index in [4.69, 9.17) is 0 Å². The van der Waals surface area contributed by atoms with Crippen LogP contribution in [0.25, 0.3) is 0 Å². The van der Waals surface area contributed by atoms with Crippen LogP contribution in [0.1, 0.15) is 13.3 Å². The SMILES string of the molecule is COC(=O)CCSCC(C)(O)C(=O)OC. The highest BCUT2D eigenvalue weighted by Gasteiger charge is 2.31. The largest absolute Gasteiger partial charge is 0.469 e. The molecule has 1 atom stereocenters. The Hall–Kier alpha value is -0.750. The topological polar surface area (TPSA) is 72.8 Å². The van der Waals surface area contributed by atoms with Crippen LogP contribution in [0.4, 0.5) is 0 Å². The van der Waals surface area contributed by atoms with Crippen molar-refractivity contribution in [2.75, 3.05) is 25.7 Å². The van der Waals surface area contributed by atoms with E-state index in [2.05, 4.69) is 9.47 Å². The van der Waals surface area contributed by atoms with Crippen LogP contribution in [0.2, 0.25) is 0 Å². The van der Waals surface area contributed by atoms with E-state index in [-0.39, 0.29) is 18.1 Å². The van der Waals surface area contributed by atoms with Gasteiger partial charge in [-0.15, -0.1) is 0 Å². The number of carbonyl (C=O) groups excluding carboxylic acids is 2. The molecular formula is C9H16O5S. The average molecular weight is 236 g/mol. The molecule has 0 saturated carbocycles. The Bertz CT molecular complexity index is 227. The van der Waals surface area contributed by atoms with Crippen LogP contribution < -0.4 is 0 Å². The van der Waals surface area contributed by atoms with Gasteiger partial charge < -0.3 is 14.6 Å². The molecule has 15 heavy (non-hydrogen) atoms. The van der Waals surface area contributed by atoms with Crippen LogP contribution in [0.5, 0.6) is 0 Å². The minimum absolute atomic E-state index is 0.191. The monoisotopic (exact) mass is 236 g/mol. The minimum Gasteiger partial charge on any atom is -0.469 e. The van der Waals surface area contributed by atoms with Gasteiger partial charge in [0.1, 0.15) is 0 Å².